The van der Waals surface area contributed by atoms with Crippen molar-refractivity contribution in [3.05, 3.63) is 22.7 Å². The predicted octanol–water partition coefficient (Wildman–Crippen LogP) is 4.34. The molecule has 1 aromatic carbocycles. The molecule has 1 atom stereocenters. The molecule has 0 fully saturated rings. The van der Waals surface area contributed by atoms with Crippen LogP contribution in [0.4, 0.5) is 10.5 Å². The van der Waals surface area contributed by atoms with E-state index < -0.39 is 17.7 Å². The zero-order valence-corrected chi connectivity index (χ0v) is 17.2. The van der Waals surface area contributed by atoms with Gasteiger partial charge in [-0.2, -0.15) is 0 Å². The van der Waals surface area contributed by atoms with Gasteiger partial charge < -0.3 is 20.1 Å². The second-order valence-corrected chi connectivity index (χ2v) is 8.02. The van der Waals surface area contributed by atoms with Gasteiger partial charge in [0, 0.05) is 11.8 Å². The van der Waals surface area contributed by atoms with Gasteiger partial charge in [-0.3, -0.25) is 4.79 Å². The summed E-state index contributed by atoms with van der Waals surface area (Å²) in [6, 6.07) is 4.56. The molecule has 7 heteroatoms. The highest BCUT2D eigenvalue weighted by Crippen LogP contribution is 2.28. The fourth-order valence-corrected chi connectivity index (χ4v) is 2.53. The fourth-order valence-electron chi connectivity index (χ4n) is 2.12. The molecule has 1 rings (SSSR count). The van der Waals surface area contributed by atoms with Crippen molar-refractivity contribution in [1.82, 2.24) is 5.32 Å². The average Bonchev–Trinajstić information content (AvgIpc) is 2.46. The van der Waals surface area contributed by atoms with Crippen LogP contribution in [-0.2, 0) is 9.53 Å². The third kappa shape index (κ3) is 7.77. The van der Waals surface area contributed by atoms with Crippen LogP contribution in [0.25, 0.3) is 0 Å². The molecule has 0 aliphatic rings. The molecular formula is C18H27BrN2O4. The summed E-state index contributed by atoms with van der Waals surface area (Å²) in [4.78, 5) is 24.6. The lowest BCUT2D eigenvalue weighted by Gasteiger charge is -2.24. The van der Waals surface area contributed by atoms with Crippen LogP contribution in [0.5, 0.6) is 5.75 Å². The molecule has 2 N–H and O–H groups in total. The summed E-state index contributed by atoms with van der Waals surface area (Å²) in [5.74, 6) is 0.535. The number of anilines is 1. The molecule has 25 heavy (non-hydrogen) atoms. The van der Waals surface area contributed by atoms with Crippen LogP contribution in [0.15, 0.2) is 22.7 Å². The minimum absolute atomic E-state index is 0.227. The van der Waals surface area contributed by atoms with E-state index in [0.717, 1.165) is 4.47 Å². The van der Waals surface area contributed by atoms with E-state index in [9.17, 15) is 9.59 Å². The quantitative estimate of drug-likeness (QED) is 0.725. The number of nitrogens with one attached hydrogen (secondary N) is 2. The van der Waals surface area contributed by atoms with Crippen molar-refractivity contribution in [3.8, 4) is 5.75 Å². The average molecular weight is 415 g/mol. The van der Waals surface area contributed by atoms with Crippen molar-refractivity contribution in [1.29, 1.82) is 0 Å². The number of alkyl carbamates (subject to hydrolysis) is 1. The number of hydrogen-bond donors (Lipinski definition) is 2. The maximum atomic E-state index is 12.6. The number of halogens is 1. The van der Waals surface area contributed by atoms with E-state index in [1.807, 2.05) is 13.8 Å². The van der Waals surface area contributed by atoms with Gasteiger partial charge in [-0.15, -0.1) is 0 Å². The van der Waals surface area contributed by atoms with Crippen LogP contribution in [-0.4, -0.2) is 30.8 Å². The predicted molar refractivity (Wildman–Crippen MR) is 102 cm³/mol. The number of amides is 2. The Bertz CT molecular complexity index is 612. The van der Waals surface area contributed by atoms with Gasteiger partial charge in [-0.1, -0.05) is 13.8 Å². The molecule has 0 bridgehead atoms. The van der Waals surface area contributed by atoms with Gasteiger partial charge in [0.05, 0.1) is 11.6 Å². The van der Waals surface area contributed by atoms with Gasteiger partial charge in [0.15, 0.2) is 0 Å². The fraction of sp³-hybridized carbons (Fsp3) is 0.556. The molecule has 0 radical (unpaired) electrons. The second-order valence-electron chi connectivity index (χ2n) is 7.17. The normalized spacial score (nSPS) is 12.5. The molecule has 0 aliphatic carbocycles. The Morgan fingerprint density at radius 3 is 2.40 bits per heavy atom. The SMILES string of the molecule is COc1cc(NC(=O)C(CC(C)C)NC(=O)OC(C)(C)C)ccc1Br. The highest BCUT2D eigenvalue weighted by molar-refractivity contribution is 9.10. The Labute approximate surface area is 157 Å². The Kier molecular flexibility index (Phi) is 7.73. The van der Waals surface area contributed by atoms with E-state index >= 15 is 0 Å². The van der Waals surface area contributed by atoms with Gasteiger partial charge in [-0.05, 0) is 61.2 Å². The number of rotatable bonds is 6. The third-order valence-electron chi connectivity index (χ3n) is 3.13. The molecule has 0 aromatic heterocycles. The summed E-state index contributed by atoms with van der Waals surface area (Å²) in [5.41, 5.74) is -0.0352. The minimum Gasteiger partial charge on any atom is -0.495 e. The van der Waals surface area contributed by atoms with E-state index in [0.29, 0.717) is 17.9 Å². The largest absolute Gasteiger partial charge is 0.495 e. The molecule has 0 saturated carbocycles. The maximum Gasteiger partial charge on any atom is 0.408 e. The molecule has 1 unspecified atom stereocenters. The summed E-state index contributed by atoms with van der Waals surface area (Å²) in [6.07, 6.45) is -0.111. The summed E-state index contributed by atoms with van der Waals surface area (Å²) in [5, 5.41) is 5.46. The second kappa shape index (κ2) is 9.08. The Balaban J connectivity index is 2.84. The highest BCUT2D eigenvalue weighted by Gasteiger charge is 2.25. The first-order valence-corrected chi connectivity index (χ1v) is 8.95. The van der Waals surface area contributed by atoms with Crippen LogP contribution >= 0.6 is 15.9 Å². The van der Waals surface area contributed by atoms with Crippen LogP contribution in [0.2, 0.25) is 0 Å². The lowest BCUT2D eigenvalue weighted by Crippen LogP contribution is -2.46. The zero-order chi connectivity index (χ0) is 19.2. The highest BCUT2D eigenvalue weighted by atomic mass is 79.9. The Morgan fingerprint density at radius 1 is 1.24 bits per heavy atom. The van der Waals surface area contributed by atoms with Crippen molar-refractivity contribution in [3.63, 3.8) is 0 Å². The molecule has 0 aliphatic heterocycles. The third-order valence-corrected chi connectivity index (χ3v) is 3.79. The molecule has 6 nitrogen and oxygen atoms in total. The zero-order valence-electron chi connectivity index (χ0n) is 15.6. The van der Waals surface area contributed by atoms with E-state index in [4.69, 9.17) is 9.47 Å². The first-order chi connectivity index (χ1) is 11.5. The van der Waals surface area contributed by atoms with Crippen LogP contribution in [0.3, 0.4) is 0 Å². The van der Waals surface area contributed by atoms with E-state index in [-0.39, 0.29) is 11.8 Å². The van der Waals surface area contributed by atoms with Crippen molar-refractivity contribution < 1.29 is 19.1 Å². The Morgan fingerprint density at radius 2 is 1.88 bits per heavy atom. The number of hydrogen-bond acceptors (Lipinski definition) is 4. The summed E-state index contributed by atoms with van der Waals surface area (Å²) >= 11 is 3.37. The minimum atomic E-state index is -0.690. The number of carbonyl (C=O) groups excluding carboxylic acids is 2. The monoisotopic (exact) mass is 414 g/mol. The molecule has 140 valence electrons. The van der Waals surface area contributed by atoms with Crippen LogP contribution < -0.4 is 15.4 Å². The van der Waals surface area contributed by atoms with Gasteiger partial charge in [0.2, 0.25) is 5.91 Å². The van der Waals surface area contributed by atoms with Crippen LogP contribution in [0, 0.1) is 5.92 Å². The number of ether oxygens (including phenoxy) is 2. The summed E-state index contributed by atoms with van der Waals surface area (Å²) < 4.78 is 11.3. The molecule has 0 saturated heterocycles. The topological polar surface area (TPSA) is 76.7 Å². The molecule has 2 amide bonds. The van der Waals surface area contributed by atoms with Gasteiger partial charge >= 0.3 is 6.09 Å². The van der Waals surface area contributed by atoms with Crippen molar-refractivity contribution in [2.75, 3.05) is 12.4 Å². The van der Waals surface area contributed by atoms with E-state index in [1.165, 1.54) is 0 Å². The first kappa shape index (κ1) is 21.3. The van der Waals surface area contributed by atoms with Gasteiger partial charge in [-0.25, -0.2) is 4.79 Å². The van der Waals surface area contributed by atoms with E-state index in [2.05, 4.69) is 26.6 Å². The van der Waals surface area contributed by atoms with Crippen molar-refractivity contribution in [2.45, 2.75) is 52.7 Å². The molecule has 0 spiro atoms. The number of benzene rings is 1. The maximum absolute atomic E-state index is 12.6. The van der Waals surface area contributed by atoms with Crippen molar-refractivity contribution in [2.24, 2.45) is 5.92 Å². The first-order valence-electron chi connectivity index (χ1n) is 8.15. The molecular weight excluding hydrogens is 388 g/mol. The van der Waals surface area contributed by atoms with Crippen molar-refractivity contribution >= 4 is 33.6 Å². The van der Waals surface area contributed by atoms with E-state index in [1.54, 1.807) is 46.1 Å². The number of carbonyl (C=O) groups is 2. The lowest BCUT2D eigenvalue weighted by atomic mass is 10.0. The molecule has 0 heterocycles. The number of methoxy groups -OCH3 is 1. The van der Waals surface area contributed by atoms with Gasteiger partial charge in [0.25, 0.3) is 0 Å². The standard InChI is InChI=1S/C18H27BrN2O4/c1-11(2)9-14(21-17(23)25-18(3,4)5)16(22)20-12-7-8-13(19)15(10-12)24-6/h7-8,10-11,14H,9H2,1-6H3,(H,20,22)(H,21,23). The summed E-state index contributed by atoms with van der Waals surface area (Å²) in [7, 11) is 1.55. The lowest BCUT2D eigenvalue weighted by molar-refractivity contribution is -0.118. The van der Waals surface area contributed by atoms with Gasteiger partial charge in [0.1, 0.15) is 17.4 Å². The van der Waals surface area contributed by atoms with Crippen LogP contribution in [0.1, 0.15) is 41.0 Å². The summed E-state index contributed by atoms with van der Waals surface area (Å²) in [6.45, 7) is 9.30. The Hall–Kier alpha value is -1.76. The smallest absolute Gasteiger partial charge is 0.408 e. The molecule has 1 aromatic rings.